The fourth-order valence-corrected chi connectivity index (χ4v) is 2.75. The largest absolute Gasteiger partial charge is 0.466 e. The van der Waals surface area contributed by atoms with Crippen LogP contribution in [0.1, 0.15) is 59.3 Å². The molecular weight excluding hydrogens is 226 g/mol. The monoisotopic (exact) mass is 255 g/mol. The summed E-state index contributed by atoms with van der Waals surface area (Å²) in [7, 11) is 0. The van der Waals surface area contributed by atoms with E-state index in [1.165, 1.54) is 32.1 Å². The Kier molecular flexibility index (Phi) is 7.33. The van der Waals surface area contributed by atoms with Gasteiger partial charge in [-0.15, -0.1) is 0 Å². The fraction of sp³-hybridized carbons (Fsp3) is 0.933. The van der Waals surface area contributed by atoms with Gasteiger partial charge in [0.25, 0.3) is 0 Å². The molecule has 0 saturated heterocycles. The lowest BCUT2D eigenvalue weighted by Gasteiger charge is -2.28. The lowest BCUT2D eigenvalue weighted by atomic mass is 9.81. The van der Waals surface area contributed by atoms with Gasteiger partial charge in [-0.05, 0) is 45.1 Å². The van der Waals surface area contributed by atoms with Crippen LogP contribution >= 0.6 is 0 Å². The molecule has 1 aliphatic rings. The fourth-order valence-electron chi connectivity index (χ4n) is 2.75. The normalized spacial score (nSPS) is 25.7. The van der Waals surface area contributed by atoms with Gasteiger partial charge < -0.3 is 10.1 Å². The Bertz CT molecular complexity index is 235. The summed E-state index contributed by atoms with van der Waals surface area (Å²) in [4.78, 5) is 11.3. The van der Waals surface area contributed by atoms with Gasteiger partial charge in [-0.2, -0.15) is 0 Å². The van der Waals surface area contributed by atoms with Crippen molar-refractivity contribution in [1.82, 2.24) is 5.32 Å². The third kappa shape index (κ3) is 5.85. The molecule has 0 aliphatic heterocycles. The van der Waals surface area contributed by atoms with E-state index in [0.29, 0.717) is 13.0 Å². The molecule has 0 aromatic heterocycles. The molecule has 3 heteroatoms. The van der Waals surface area contributed by atoms with Crippen molar-refractivity contribution in [1.29, 1.82) is 0 Å². The molecule has 0 radical (unpaired) electrons. The zero-order valence-electron chi connectivity index (χ0n) is 12.2. The van der Waals surface area contributed by atoms with Crippen molar-refractivity contribution < 1.29 is 9.53 Å². The van der Waals surface area contributed by atoms with Crippen LogP contribution in [0.15, 0.2) is 0 Å². The maximum atomic E-state index is 11.3. The summed E-state index contributed by atoms with van der Waals surface area (Å²) in [5, 5.41) is 3.47. The van der Waals surface area contributed by atoms with Gasteiger partial charge in [-0.3, -0.25) is 4.79 Å². The molecule has 0 bridgehead atoms. The number of carbonyl (C=O) groups is 1. The van der Waals surface area contributed by atoms with Gasteiger partial charge in [-0.25, -0.2) is 0 Å². The average Bonchev–Trinajstić information content (AvgIpc) is 2.37. The Morgan fingerprint density at radius 2 is 1.83 bits per heavy atom. The van der Waals surface area contributed by atoms with Crippen LogP contribution in [0.25, 0.3) is 0 Å². The molecule has 106 valence electrons. The maximum Gasteiger partial charge on any atom is 0.307 e. The molecule has 0 spiro atoms. The van der Waals surface area contributed by atoms with Gasteiger partial charge in [0.1, 0.15) is 0 Å². The second-order valence-corrected chi connectivity index (χ2v) is 5.61. The Morgan fingerprint density at radius 1 is 1.22 bits per heavy atom. The Labute approximate surface area is 112 Å². The van der Waals surface area contributed by atoms with Crippen LogP contribution in [-0.4, -0.2) is 25.2 Å². The number of nitrogens with one attached hydrogen (secondary N) is 1. The highest BCUT2D eigenvalue weighted by molar-refractivity contribution is 5.69. The second kappa shape index (κ2) is 8.52. The van der Waals surface area contributed by atoms with E-state index < -0.39 is 0 Å². The zero-order chi connectivity index (χ0) is 13.4. The molecule has 0 aromatic rings. The van der Waals surface area contributed by atoms with Crippen LogP contribution in [-0.2, 0) is 9.53 Å². The number of rotatable bonds is 7. The summed E-state index contributed by atoms with van der Waals surface area (Å²) in [6.45, 7) is 7.74. The number of ether oxygens (including phenoxy) is 1. The van der Waals surface area contributed by atoms with E-state index in [0.717, 1.165) is 18.4 Å². The Hall–Kier alpha value is -0.570. The molecule has 0 aromatic carbocycles. The van der Waals surface area contributed by atoms with Gasteiger partial charge in [0.2, 0.25) is 0 Å². The van der Waals surface area contributed by atoms with Crippen LogP contribution < -0.4 is 5.32 Å². The van der Waals surface area contributed by atoms with Crippen LogP contribution in [0.5, 0.6) is 0 Å². The molecule has 1 N–H and O–H groups in total. The van der Waals surface area contributed by atoms with Crippen molar-refractivity contribution in [3.63, 3.8) is 0 Å². The van der Waals surface area contributed by atoms with Crippen LogP contribution in [0.3, 0.4) is 0 Å². The third-order valence-electron chi connectivity index (χ3n) is 4.08. The number of hydrogen-bond donors (Lipinski definition) is 1. The molecule has 1 rings (SSSR count). The van der Waals surface area contributed by atoms with Gasteiger partial charge >= 0.3 is 5.97 Å². The van der Waals surface area contributed by atoms with Gasteiger partial charge in [0, 0.05) is 6.04 Å². The quantitative estimate of drug-likeness (QED) is 0.710. The summed E-state index contributed by atoms with van der Waals surface area (Å²) in [5.41, 5.74) is 0. The molecule has 3 nitrogen and oxygen atoms in total. The maximum absolute atomic E-state index is 11.3. The van der Waals surface area contributed by atoms with Crippen molar-refractivity contribution in [2.24, 2.45) is 11.8 Å². The van der Waals surface area contributed by atoms with E-state index in [2.05, 4.69) is 19.2 Å². The lowest BCUT2D eigenvalue weighted by molar-refractivity contribution is -0.143. The number of esters is 1. The minimum absolute atomic E-state index is 0.0906. The van der Waals surface area contributed by atoms with E-state index in [1.807, 2.05) is 6.92 Å². The first-order chi connectivity index (χ1) is 8.65. The minimum atomic E-state index is -0.0906. The van der Waals surface area contributed by atoms with Crippen LogP contribution in [0.2, 0.25) is 0 Å². The van der Waals surface area contributed by atoms with Crippen molar-refractivity contribution in [2.75, 3.05) is 13.2 Å². The predicted molar refractivity (Wildman–Crippen MR) is 74.5 cm³/mol. The first-order valence-corrected chi connectivity index (χ1v) is 7.54. The van der Waals surface area contributed by atoms with Gasteiger partial charge in [0.05, 0.1) is 13.0 Å². The van der Waals surface area contributed by atoms with E-state index in [4.69, 9.17) is 4.74 Å². The van der Waals surface area contributed by atoms with E-state index >= 15 is 0 Å². The summed E-state index contributed by atoms with van der Waals surface area (Å²) in [6.07, 6.45) is 7.27. The molecule has 1 saturated carbocycles. The smallest absolute Gasteiger partial charge is 0.307 e. The topological polar surface area (TPSA) is 38.3 Å². The molecule has 0 amide bonds. The summed E-state index contributed by atoms with van der Waals surface area (Å²) < 4.78 is 4.95. The molecular formula is C15H29NO2. The van der Waals surface area contributed by atoms with Crippen molar-refractivity contribution in [3.05, 3.63) is 0 Å². The predicted octanol–water partition coefficient (Wildman–Crippen LogP) is 3.13. The van der Waals surface area contributed by atoms with Crippen molar-refractivity contribution in [2.45, 2.75) is 65.3 Å². The molecule has 1 aliphatic carbocycles. The summed E-state index contributed by atoms with van der Waals surface area (Å²) >= 11 is 0. The first-order valence-electron chi connectivity index (χ1n) is 7.54. The Balaban J connectivity index is 2.11. The number of carbonyl (C=O) groups excluding carboxylic acids is 1. The molecule has 0 heterocycles. The lowest BCUT2D eigenvalue weighted by Crippen LogP contribution is -2.34. The van der Waals surface area contributed by atoms with Crippen molar-refractivity contribution >= 4 is 5.97 Å². The zero-order valence-corrected chi connectivity index (χ0v) is 12.2. The molecule has 18 heavy (non-hydrogen) atoms. The second-order valence-electron chi connectivity index (χ2n) is 5.61. The van der Waals surface area contributed by atoms with Gasteiger partial charge in [-0.1, -0.05) is 26.2 Å². The Morgan fingerprint density at radius 3 is 2.39 bits per heavy atom. The SMILES string of the molecule is CCOC(=O)CC(C)NCC1CCC(CC)CC1. The van der Waals surface area contributed by atoms with E-state index in [1.54, 1.807) is 0 Å². The van der Waals surface area contributed by atoms with E-state index in [9.17, 15) is 4.79 Å². The molecule has 1 atom stereocenters. The first kappa shape index (κ1) is 15.5. The van der Waals surface area contributed by atoms with Crippen molar-refractivity contribution in [3.8, 4) is 0 Å². The highest BCUT2D eigenvalue weighted by atomic mass is 16.5. The van der Waals surface area contributed by atoms with Crippen LogP contribution in [0.4, 0.5) is 0 Å². The average molecular weight is 255 g/mol. The summed E-state index contributed by atoms with van der Waals surface area (Å²) in [5.74, 6) is 1.67. The molecule has 1 fully saturated rings. The van der Waals surface area contributed by atoms with Crippen LogP contribution in [0, 0.1) is 11.8 Å². The molecule has 1 unspecified atom stereocenters. The highest BCUT2D eigenvalue weighted by Gasteiger charge is 2.20. The highest BCUT2D eigenvalue weighted by Crippen LogP contribution is 2.30. The third-order valence-corrected chi connectivity index (χ3v) is 4.08. The standard InChI is InChI=1S/C15H29NO2/c1-4-13-6-8-14(9-7-13)11-16-12(3)10-15(17)18-5-2/h12-14,16H,4-11H2,1-3H3. The van der Waals surface area contributed by atoms with Gasteiger partial charge in [0.15, 0.2) is 0 Å². The summed E-state index contributed by atoms with van der Waals surface area (Å²) in [6, 6.07) is 0.230. The minimum Gasteiger partial charge on any atom is -0.466 e. The van der Waals surface area contributed by atoms with E-state index in [-0.39, 0.29) is 12.0 Å². The number of hydrogen-bond acceptors (Lipinski definition) is 3.